The summed E-state index contributed by atoms with van der Waals surface area (Å²) in [5.41, 5.74) is 0. The van der Waals surface area contributed by atoms with Gasteiger partial charge in [0.25, 0.3) is 0 Å². The Kier molecular flexibility index (Phi) is 6.49. The Morgan fingerprint density at radius 2 is 2.14 bits per heavy atom. The molecule has 1 aromatic rings. The lowest BCUT2D eigenvalue weighted by atomic mass is 9.98. The third-order valence-electron chi connectivity index (χ3n) is 3.60. The lowest BCUT2D eigenvalue weighted by Crippen LogP contribution is -2.40. The Morgan fingerprint density at radius 1 is 1.41 bits per heavy atom. The fourth-order valence-electron chi connectivity index (χ4n) is 2.27. The number of likely N-dealkylation sites (tertiary alicyclic amines) is 1. The van der Waals surface area contributed by atoms with Gasteiger partial charge in [-0.3, -0.25) is 0 Å². The van der Waals surface area contributed by atoms with E-state index in [0.717, 1.165) is 36.3 Å². The monoisotopic (exact) mass is 370 g/mol. The highest BCUT2D eigenvalue weighted by Crippen LogP contribution is 2.20. The van der Waals surface area contributed by atoms with Gasteiger partial charge in [-0.05, 0) is 52.7 Å². The van der Waals surface area contributed by atoms with E-state index in [4.69, 9.17) is 9.47 Å². The molecule has 2 rings (SSSR count). The number of rotatable bonds is 5. The Hall–Kier alpha value is -1.30. The van der Waals surface area contributed by atoms with E-state index in [0.29, 0.717) is 25.0 Å². The molecule has 0 spiro atoms. The summed E-state index contributed by atoms with van der Waals surface area (Å²) < 4.78 is 11.8. The van der Waals surface area contributed by atoms with Gasteiger partial charge in [0.1, 0.15) is 10.4 Å². The number of hydrogen-bond donors (Lipinski definition) is 0. The number of ether oxygens (including phenoxy) is 2. The Labute approximate surface area is 140 Å². The average molecular weight is 371 g/mol. The van der Waals surface area contributed by atoms with Crippen LogP contribution in [0, 0.1) is 11.8 Å². The summed E-state index contributed by atoms with van der Waals surface area (Å²) in [5.74, 6) is 1.62. The van der Waals surface area contributed by atoms with Gasteiger partial charge in [-0.2, -0.15) is 0 Å². The summed E-state index contributed by atoms with van der Waals surface area (Å²) in [7, 11) is 0. The van der Waals surface area contributed by atoms with Crippen molar-refractivity contribution in [3.63, 3.8) is 0 Å². The van der Waals surface area contributed by atoms with E-state index in [1.165, 1.54) is 0 Å². The predicted molar refractivity (Wildman–Crippen MR) is 87.9 cm³/mol. The minimum Gasteiger partial charge on any atom is -0.492 e. The summed E-state index contributed by atoms with van der Waals surface area (Å²) in [4.78, 5) is 17.8. The first-order valence-electron chi connectivity index (χ1n) is 7.70. The van der Waals surface area contributed by atoms with Crippen LogP contribution in [0.4, 0.5) is 4.79 Å². The van der Waals surface area contributed by atoms with Crippen LogP contribution in [0.3, 0.4) is 0 Å². The Bertz CT molecular complexity index is 471. The topological polar surface area (TPSA) is 51.7 Å². The molecule has 1 saturated heterocycles. The first-order chi connectivity index (χ1) is 10.5. The second-order valence-electron chi connectivity index (χ2n) is 6.03. The van der Waals surface area contributed by atoms with E-state index < -0.39 is 0 Å². The van der Waals surface area contributed by atoms with Gasteiger partial charge in [0.15, 0.2) is 0 Å². The molecule has 1 aromatic heterocycles. The highest BCUT2D eigenvalue weighted by Gasteiger charge is 2.24. The number of amides is 1. The van der Waals surface area contributed by atoms with Gasteiger partial charge in [-0.15, -0.1) is 0 Å². The number of hydrogen-bond acceptors (Lipinski definition) is 4. The van der Waals surface area contributed by atoms with Crippen LogP contribution in [-0.4, -0.2) is 42.3 Å². The van der Waals surface area contributed by atoms with Crippen LogP contribution in [-0.2, 0) is 4.74 Å². The van der Waals surface area contributed by atoms with Gasteiger partial charge < -0.3 is 14.4 Å². The van der Waals surface area contributed by atoms with Crippen LogP contribution in [0.1, 0.15) is 26.7 Å². The summed E-state index contributed by atoms with van der Waals surface area (Å²) in [6.45, 7) is 6.70. The van der Waals surface area contributed by atoms with E-state index in [-0.39, 0.29) is 6.09 Å². The summed E-state index contributed by atoms with van der Waals surface area (Å²) in [6.07, 6.45) is 3.41. The number of piperidine rings is 1. The Morgan fingerprint density at radius 3 is 2.73 bits per heavy atom. The molecule has 22 heavy (non-hydrogen) atoms. The van der Waals surface area contributed by atoms with E-state index in [9.17, 15) is 4.79 Å². The van der Waals surface area contributed by atoms with Crippen molar-refractivity contribution in [3.8, 4) is 5.75 Å². The highest BCUT2D eigenvalue weighted by atomic mass is 79.9. The quantitative estimate of drug-likeness (QED) is 0.741. The number of halogens is 1. The maximum Gasteiger partial charge on any atom is 0.409 e. The van der Waals surface area contributed by atoms with Gasteiger partial charge in [0, 0.05) is 13.1 Å². The maximum atomic E-state index is 11.9. The lowest BCUT2D eigenvalue weighted by Gasteiger charge is -2.31. The molecule has 0 aromatic carbocycles. The summed E-state index contributed by atoms with van der Waals surface area (Å²) in [5, 5.41) is 0. The lowest BCUT2D eigenvalue weighted by molar-refractivity contribution is 0.0733. The van der Waals surface area contributed by atoms with Crippen LogP contribution in [0.5, 0.6) is 5.75 Å². The smallest absolute Gasteiger partial charge is 0.409 e. The molecule has 1 fully saturated rings. The highest BCUT2D eigenvalue weighted by molar-refractivity contribution is 9.10. The molecular formula is C16H23BrN2O3. The molecule has 0 aliphatic carbocycles. The van der Waals surface area contributed by atoms with E-state index >= 15 is 0 Å². The van der Waals surface area contributed by atoms with Gasteiger partial charge in [0.2, 0.25) is 0 Å². The number of carbonyl (C=O) groups is 1. The third-order valence-corrected chi connectivity index (χ3v) is 4.07. The van der Waals surface area contributed by atoms with Crippen molar-refractivity contribution < 1.29 is 14.3 Å². The molecule has 0 radical (unpaired) electrons. The molecule has 0 saturated carbocycles. The van der Waals surface area contributed by atoms with Gasteiger partial charge in [0.05, 0.1) is 19.4 Å². The van der Waals surface area contributed by atoms with Crippen molar-refractivity contribution in [2.24, 2.45) is 11.8 Å². The van der Waals surface area contributed by atoms with Gasteiger partial charge >= 0.3 is 6.09 Å². The number of nitrogens with zero attached hydrogens (tertiary/aromatic N) is 2. The van der Waals surface area contributed by atoms with Crippen molar-refractivity contribution in [2.45, 2.75) is 26.7 Å². The van der Waals surface area contributed by atoms with Crippen LogP contribution < -0.4 is 4.74 Å². The van der Waals surface area contributed by atoms with Crippen LogP contribution in [0.25, 0.3) is 0 Å². The molecule has 0 atom stereocenters. The number of pyridine rings is 1. The maximum absolute atomic E-state index is 11.9. The van der Waals surface area contributed by atoms with E-state index in [1.807, 2.05) is 26.0 Å². The summed E-state index contributed by atoms with van der Waals surface area (Å²) in [6, 6.07) is 3.76. The van der Waals surface area contributed by atoms with Gasteiger partial charge in [-0.1, -0.05) is 13.8 Å². The molecular weight excluding hydrogens is 348 g/mol. The van der Waals surface area contributed by atoms with Crippen LogP contribution >= 0.6 is 15.9 Å². The van der Waals surface area contributed by atoms with Gasteiger partial charge in [-0.25, -0.2) is 9.78 Å². The molecule has 1 amide bonds. The number of carbonyl (C=O) groups excluding carboxylic acids is 1. The molecule has 5 nitrogen and oxygen atoms in total. The molecule has 1 aliphatic heterocycles. The van der Waals surface area contributed by atoms with E-state index in [2.05, 4.69) is 20.9 Å². The molecule has 0 unspecified atom stereocenters. The fraction of sp³-hybridized carbons (Fsp3) is 0.625. The number of aromatic nitrogens is 1. The largest absolute Gasteiger partial charge is 0.492 e. The van der Waals surface area contributed by atoms with Crippen molar-refractivity contribution in [1.82, 2.24) is 9.88 Å². The molecule has 0 bridgehead atoms. The molecule has 6 heteroatoms. The molecule has 1 aliphatic rings. The zero-order valence-corrected chi connectivity index (χ0v) is 14.7. The minimum atomic E-state index is -0.190. The first-order valence-corrected chi connectivity index (χ1v) is 8.50. The van der Waals surface area contributed by atoms with Crippen molar-refractivity contribution in [3.05, 3.63) is 22.9 Å². The normalized spacial score (nSPS) is 15.9. The standard InChI is InChI=1S/C16H23BrN2O3/c1-12(2)10-22-16(20)19-7-5-13(6-8-19)11-21-14-3-4-15(17)18-9-14/h3-4,9,12-13H,5-8,10-11H2,1-2H3. The van der Waals surface area contributed by atoms with Crippen LogP contribution in [0.15, 0.2) is 22.9 Å². The average Bonchev–Trinajstić information content (AvgIpc) is 2.52. The van der Waals surface area contributed by atoms with Crippen molar-refractivity contribution in [2.75, 3.05) is 26.3 Å². The SMILES string of the molecule is CC(C)COC(=O)N1CCC(COc2ccc(Br)nc2)CC1. The predicted octanol–water partition coefficient (Wildman–Crippen LogP) is 3.73. The fourth-order valence-corrected chi connectivity index (χ4v) is 2.51. The van der Waals surface area contributed by atoms with Crippen molar-refractivity contribution >= 4 is 22.0 Å². The minimum absolute atomic E-state index is 0.190. The van der Waals surface area contributed by atoms with Crippen LogP contribution in [0.2, 0.25) is 0 Å². The summed E-state index contributed by atoms with van der Waals surface area (Å²) >= 11 is 3.30. The molecule has 122 valence electrons. The van der Waals surface area contributed by atoms with Crippen molar-refractivity contribution in [1.29, 1.82) is 0 Å². The van der Waals surface area contributed by atoms with E-state index in [1.54, 1.807) is 11.1 Å². The molecule has 0 N–H and O–H groups in total. The zero-order chi connectivity index (χ0) is 15.9. The zero-order valence-electron chi connectivity index (χ0n) is 13.1. The Balaban J connectivity index is 1.68. The third kappa shape index (κ3) is 5.48. The first kappa shape index (κ1) is 17.1. The molecule has 2 heterocycles. The second-order valence-corrected chi connectivity index (χ2v) is 6.84. The second kappa shape index (κ2) is 8.36.